The first-order chi connectivity index (χ1) is 22.8. The van der Waals surface area contributed by atoms with Crippen LogP contribution in [0.15, 0.2) is 64.6 Å². The van der Waals surface area contributed by atoms with E-state index in [1.165, 1.54) is 13.2 Å². The highest BCUT2D eigenvalue weighted by atomic mass is 19.1. The van der Waals surface area contributed by atoms with Gasteiger partial charge in [0.15, 0.2) is 5.84 Å². The van der Waals surface area contributed by atoms with Crippen molar-refractivity contribution in [2.24, 2.45) is 5.16 Å². The van der Waals surface area contributed by atoms with Crippen LogP contribution in [0.4, 0.5) is 4.39 Å². The van der Waals surface area contributed by atoms with Crippen LogP contribution in [0.2, 0.25) is 0 Å². The fraction of sp³-hybridized carbons (Fsp3) is 0.429. The third-order valence-corrected chi connectivity index (χ3v) is 9.21. The van der Waals surface area contributed by atoms with Crippen LogP contribution in [-0.4, -0.2) is 61.9 Å². The summed E-state index contributed by atoms with van der Waals surface area (Å²) < 4.78 is 30.7. The third kappa shape index (κ3) is 6.20. The van der Waals surface area contributed by atoms with E-state index in [2.05, 4.69) is 22.4 Å². The second kappa shape index (κ2) is 12.7. The number of halogens is 1. The summed E-state index contributed by atoms with van der Waals surface area (Å²) in [5.74, 6) is 1.19. The Bertz CT molecular complexity index is 1920. The molecule has 0 saturated heterocycles. The van der Waals surface area contributed by atoms with Crippen LogP contribution in [0.1, 0.15) is 73.3 Å². The van der Waals surface area contributed by atoms with Gasteiger partial charge in [-0.2, -0.15) is 10.1 Å². The first-order valence-electron chi connectivity index (χ1n) is 16.2. The number of nitrogens with zero attached hydrogens (tertiary/aromatic N) is 5. The Morgan fingerprint density at radius 3 is 2.57 bits per heavy atom. The predicted octanol–water partition coefficient (Wildman–Crippen LogP) is 4.56. The van der Waals surface area contributed by atoms with Crippen molar-refractivity contribution in [2.45, 2.75) is 83.0 Å². The maximum atomic E-state index is 16.0. The van der Waals surface area contributed by atoms with Crippen LogP contribution < -0.4 is 10.9 Å². The summed E-state index contributed by atoms with van der Waals surface area (Å²) in [7, 11) is 1.51. The maximum absolute atomic E-state index is 16.0. The van der Waals surface area contributed by atoms with Gasteiger partial charge >= 0.3 is 6.41 Å². The predicted molar refractivity (Wildman–Crippen MR) is 174 cm³/mol. The number of hydrogen-bond donors (Lipinski definition) is 2. The van der Waals surface area contributed by atoms with Crippen LogP contribution in [0.3, 0.4) is 0 Å². The molecule has 11 nitrogen and oxygen atoms in total. The van der Waals surface area contributed by atoms with E-state index >= 15 is 4.39 Å². The summed E-state index contributed by atoms with van der Waals surface area (Å²) in [6.07, 6.45) is 7.28. The topological polar surface area (TPSA) is 124 Å². The zero-order valence-corrected chi connectivity index (χ0v) is 26.8. The zero-order chi connectivity index (χ0) is 32.7. The molecule has 0 bridgehead atoms. The number of aromatic nitrogens is 4. The second-order valence-corrected chi connectivity index (χ2v) is 12.6. The number of oxime groups is 1. The second-order valence-electron chi connectivity index (χ2n) is 12.6. The molecule has 3 heterocycles. The summed E-state index contributed by atoms with van der Waals surface area (Å²) in [6.45, 7) is 4.13. The SMILES string of the molecule is CCCc1c(Cc2ccc(-c3ccccc3C3=NOC(OC)N3)cc2F)c(=O)n([C@H]2CC[C@H](OCC3(O)C=C3)CC2)c2nc(C)nn12. The van der Waals surface area contributed by atoms with Gasteiger partial charge in [-0.05, 0) is 73.9 Å². The number of amidine groups is 1. The Balaban J connectivity index is 1.20. The van der Waals surface area contributed by atoms with Crippen molar-refractivity contribution >= 4 is 11.6 Å². The molecule has 0 spiro atoms. The molecule has 2 aliphatic carbocycles. The molecular weight excluding hydrogens is 603 g/mol. The minimum absolute atomic E-state index is 0.0195. The molecule has 47 heavy (non-hydrogen) atoms. The van der Waals surface area contributed by atoms with E-state index in [0.29, 0.717) is 40.5 Å². The molecule has 1 fully saturated rings. The van der Waals surface area contributed by atoms with Gasteiger partial charge in [-0.15, -0.1) is 0 Å². The van der Waals surface area contributed by atoms with Gasteiger partial charge in [0.05, 0.1) is 18.4 Å². The lowest BCUT2D eigenvalue weighted by Gasteiger charge is -2.31. The molecule has 1 atom stereocenters. The number of fused-ring (bicyclic) bond motifs is 1. The molecule has 246 valence electrons. The summed E-state index contributed by atoms with van der Waals surface area (Å²) >= 11 is 0. The molecule has 7 rings (SSSR count). The Hall–Kier alpha value is -4.39. The van der Waals surface area contributed by atoms with E-state index in [1.807, 2.05) is 37.3 Å². The molecule has 2 aromatic heterocycles. The zero-order valence-electron chi connectivity index (χ0n) is 26.8. The monoisotopic (exact) mass is 642 g/mol. The van der Waals surface area contributed by atoms with E-state index in [9.17, 15) is 9.90 Å². The van der Waals surface area contributed by atoms with Gasteiger partial charge in [0.1, 0.15) is 17.2 Å². The standard InChI is InChI=1S/C35H39FN6O5/c1-4-7-30-28(18-23-11-10-22(19-29(23)36)26-8-5-6-9-27(26)31-38-34(45-3)47-40-31)32(43)41(33-37-21(2)39-42(30)33)24-12-14-25(15-13-24)46-20-35(44)16-17-35/h5-6,8-11,16-17,19,24-25,34,44H,4,7,12-15,18,20H2,1-3H3,(H,38,40)/t24-,25-,34?. The smallest absolute Gasteiger partial charge is 0.307 e. The van der Waals surface area contributed by atoms with Gasteiger partial charge in [-0.25, -0.2) is 8.91 Å². The van der Waals surface area contributed by atoms with Crippen molar-refractivity contribution in [1.82, 2.24) is 24.5 Å². The summed E-state index contributed by atoms with van der Waals surface area (Å²) in [5.41, 5.74) is 2.86. The molecule has 0 radical (unpaired) electrons. The number of aliphatic hydroxyl groups is 1. The number of hydrogen-bond acceptors (Lipinski definition) is 9. The average Bonchev–Trinajstić information content (AvgIpc) is 3.43. The molecule has 12 heteroatoms. The highest BCUT2D eigenvalue weighted by molar-refractivity contribution is 6.04. The number of rotatable bonds is 11. The van der Waals surface area contributed by atoms with E-state index in [1.54, 1.807) is 27.3 Å². The van der Waals surface area contributed by atoms with Gasteiger partial charge in [0, 0.05) is 30.7 Å². The number of nitrogens with one attached hydrogen (secondary N) is 1. The first-order valence-corrected chi connectivity index (χ1v) is 16.2. The summed E-state index contributed by atoms with van der Waals surface area (Å²) in [6, 6.07) is 12.6. The van der Waals surface area contributed by atoms with E-state index in [4.69, 9.17) is 19.4 Å². The van der Waals surface area contributed by atoms with Gasteiger partial charge in [-0.1, -0.05) is 54.9 Å². The molecule has 3 aliphatic rings. The van der Waals surface area contributed by atoms with Crippen molar-refractivity contribution in [3.05, 3.63) is 99.0 Å². The molecule has 1 aliphatic heterocycles. The molecule has 0 amide bonds. The largest absolute Gasteiger partial charge is 0.379 e. The average molecular weight is 643 g/mol. The molecular formula is C35H39FN6O5. The minimum Gasteiger partial charge on any atom is -0.379 e. The van der Waals surface area contributed by atoms with E-state index < -0.39 is 17.8 Å². The van der Waals surface area contributed by atoms with Gasteiger partial charge in [-0.3, -0.25) is 9.36 Å². The molecule has 1 saturated carbocycles. The number of methoxy groups -OCH3 is 1. The maximum Gasteiger partial charge on any atom is 0.307 e. The van der Waals surface area contributed by atoms with Crippen molar-refractivity contribution < 1.29 is 23.8 Å². The third-order valence-electron chi connectivity index (χ3n) is 9.21. The van der Waals surface area contributed by atoms with Gasteiger partial charge in [0.2, 0.25) is 5.78 Å². The summed E-state index contributed by atoms with van der Waals surface area (Å²) in [5, 5.41) is 21.9. The quantitative estimate of drug-likeness (QED) is 0.228. The van der Waals surface area contributed by atoms with Crippen molar-refractivity contribution in [3.8, 4) is 11.1 Å². The Kier molecular flexibility index (Phi) is 8.41. The fourth-order valence-corrected chi connectivity index (χ4v) is 6.63. The Morgan fingerprint density at radius 2 is 1.89 bits per heavy atom. The minimum atomic E-state index is -0.898. The van der Waals surface area contributed by atoms with Crippen LogP contribution >= 0.6 is 0 Å². The normalized spacial score (nSPS) is 21.5. The van der Waals surface area contributed by atoms with Gasteiger partial charge in [0.25, 0.3) is 5.56 Å². The van der Waals surface area contributed by atoms with E-state index in [-0.39, 0.29) is 30.7 Å². The molecule has 2 aromatic carbocycles. The van der Waals surface area contributed by atoms with Gasteiger partial charge < -0.3 is 24.7 Å². The lowest BCUT2D eigenvalue weighted by molar-refractivity contribution is -0.116. The fourth-order valence-electron chi connectivity index (χ4n) is 6.63. The number of ether oxygens (including phenoxy) is 2. The number of benzene rings is 2. The Morgan fingerprint density at radius 1 is 1.13 bits per heavy atom. The number of aryl methyl sites for hydroxylation is 2. The van der Waals surface area contributed by atoms with Crippen molar-refractivity contribution in [2.75, 3.05) is 13.7 Å². The van der Waals surface area contributed by atoms with Crippen LogP contribution in [0.5, 0.6) is 0 Å². The summed E-state index contributed by atoms with van der Waals surface area (Å²) in [4.78, 5) is 24.4. The molecule has 4 aromatic rings. The van der Waals surface area contributed by atoms with Crippen LogP contribution in [-0.2, 0) is 27.2 Å². The van der Waals surface area contributed by atoms with Crippen LogP contribution in [0, 0.1) is 12.7 Å². The van der Waals surface area contributed by atoms with Crippen molar-refractivity contribution in [1.29, 1.82) is 0 Å². The highest BCUT2D eigenvalue weighted by Crippen LogP contribution is 2.33. The lowest BCUT2D eigenvalue weighted by atomic mass is 9.92. The van der Waals surface area contributed by atoms with Crippen LogP contribution in [0.25, 0.3) is 16.9 Å². The Labute approximate surface area is 271 Å². The van der Waals surface area contributed by atoms with Crippen molar-refractivity contribution in [3.63, 3.8) is 0 Å². The highest BCUT2D eigenvalue weighted by Gasteiger charge is 2.34. The lowest BCUT2D eigenvalue weighted by Crippen LogP contribution is -2.35. The first kappa shape index (κ1) is 31.2. The molecule has 1 unspecified atom stereocenters. The molecule has 2 N–H and O–H groups in total. The van der Waals surface area contributed by atoms with E-state index in [0.717, 1.165) is 48.9 Å².